The number of fused-ring (bicyclic) bond motifs is 1. The summed E-state index contributed by atoms with van der Waals surface area (Å²) < 4.78 is 6.26. The van der Waals surface area contributed by atoms with Gasteiger partial charge in [0, 0.05) is 44.0 Å². The van der Waals surface area contributed by atoms with E-state index in [0.717, 1.165) is 37.2 Å². The van der Waals surface area contributed by atoms with Gasteiger partial charge in [-0.15, -0.1) is 12.4 Å². The van der Waals surface area contributed by atoms with Crippen molar-refractivity contribution >= 4 is 23.9 Å². The molecule has 1 aromatic carbocycles. The number of hydrogen-bond acceptors (Lipinski definition) is 4. The molecule has 1 aromatic heterocycles. The first-order chi connectivity index (χ1) is 10.8. The zero-order chi connectivity index (χ0) is 15.0. The van der Waals surface area contributed by atoms with Gasteiger partial charge in [-0.2, -0.15) is 0 Å². The third-order valence-electron chi connectivity index (χ3n) is 4.70. The van der Waals surface area contributed by atoms with Crippen LogP contribution in [0.3, 0.4) is 0 Å². The van der Waals surface area contributed by atoms with E-state index in [0.29, 0.717) is 6.42 Å². The first-order valence-electron chi connectivity index (χ1n) is 7.72. The molecule has 3 heterocycles. The molecule has 4 rings (SSSR count). The zero-order valence-electron chi connectivity index (χ0n) is 12.8. The van der Waals surface area contributed by atoms with Crippen LogP contribution in [0.1, 0.15) is 29.6 Å². The van der Waals surface area contributed by atoms with Gasteiger partial charge in [0.15, 0.2) is 5.78 Å². The largest absolute Gasteiger partial charge is 0.486 e. The van der Waals surface area contributed by atoms with Gasteiger partial charge in [0.1, 0.15) is 11.4 Å². The van der Waals surface area contributed by atoms with Crippen molar-refractivity contribution in [3.63, 3.8) is 0 Å². The molecule has 0 unspecified atom stereocenters. The van der Waals surface area contributed by atoms with Crippen molar-refractivity contribution < 1.29 is 9.53 Å². The summed E-state index contributed by atoms with van der Waals surface area (Å²) in [6.45, 7) is 1.80. The van der Waals surface area contributed by atoms with Crippen LogP contribution in [0, 0.1) is 0 Å². The predicted molar refractivity (Wildman–Crippen MR) is 91.7 cm³/mol. The van der Waals surface area contributed by atoms with Crippen molar-refractivity contribution in [1.29, 1.82) is 0 Å². The van der Waals surface area contributed by atoms with E-state index >= 15 is 0 Å². The van der Waals surface area contributed by atoms with E-state index in [4.69, 9.17) is 4.74 Å². The Morgan fingerprint density at radius 3 is 2.48 bits per heavy atom. The van der Waals surface area contributed by atoms with Gasteiger partial charge in [-0.25, -0.2) is 0 Å². The molecule has 0 amide bonds. The lowest BCUT2D eigenvalue weighted by Crippen LogP contribution is -2.51. The molecule has 5 heteroatoms. The lowest BCUT2D eigenvalue weighted by Gasteiger charge is -2.44. The summed E-state index contributed by atoms with van der Waals surface area (Å²) in [5.41, 5.74) is 1.59. The average Bonchev–Trinajstić information content (AvgIpc) is 2.56. The highest BCUT2D eigenvalue weighted by Crippen LogP contribution is 2.39. The molecule has 1 fully saturated rings. The maximum Gasteiger partial charge on any atom is 0.170 e. The van der Waals surface area contributed by atoms with Crippen LogP contribution in [0.15, 0.2) is 48.8 Å². The third-order valence-corrected chi connectivity index (χ3v) is 4.70. The molecule has 4 nitrogen and oxygen atoms in total. The number of carbonyl (C=O) groups is 1. The van der Waals surface area contributed by atoms with Crippen LogP contribution in [0.2, 0.25) is 0 Å². The van der Waals surface area contributed by atoms with Gasteiger partial charge in [-0.3, -0.25) is 9.78 Å². The first kappa shape index (κ1) is 15.8. The number of hydrogen-bond donors (Lipinski definition) is 0. The monoisotopic (exact) mass is 330 g/mol. The van der Waals surface area contributed by atoms with Gasteiger partial charge in [-0.1, -0.05) is 12.1 Å². The van der Waals surface area contributed by atoms with Crippen LogP contribution in [0.4, 0.5) is 5.69 Å². The molecule has 1 spiro atoms. The Hall–Kier alpha value is -2.07. The van der Waals surface area contributed by atoms with Gasteiger partial charge in [0.05, 0.1) is 12.0 Å². The molecule has 0 atom stereocenters. The summed E-state index contributed by atoms with van der Waals surface area (Å²) in [6, 6.07) is 11.6. The SMILES string of the molecule is Cl.O=C1CC2(CCN(c3ccncc3)CC2)Oc2ccccc21. The molecule has 120 valence electrons. The van der Waals surface area contributed by atoms with Crippen molar-refractivity contribution in [2.75, 3.05) is 18.0 Å². The Morgan fingerprint density at radius 1 is 1.04 bits per heavy atom. The lowest BCUT2D eigenvalue weighted by atomic mass is 9.82. The zero-order valence-corrected chi connectivity index (χ0v) is 13.6. The number of piperidine rings is 1. The van der Waals surface area contributed by atoms with Gasteiger partial charge in [-0.05, 0) is 24.3 Å². The Bertz CT molecular complexity index is 697. The van der Waals surface area contributed by atoms with E-state index in [2.05, 4.69) is 9.88 Å². The van der Waals surface area contributed by atoms with Gasteiger partial charge in [0.25, 0.3) is 0 Å². The standard InChI is InChI=1S/C18H18N2O2.ClH/c21-16-13-18(22-17-4-2-1-3-15(16)17)7-11-20(12-8-18)14-5-9-19-10-6-14;/h1-6,9-10H,7-8,11-13H2;1H. The van der Waals surface area contributed by atoms with E-state index in [9.17, 15) is 4.79 Å². The highest BCUT2D eigenvalue weighted by atomic mass is 35.5. The van der Waals surface area contributed by atoms with Crippen LogP contribution in [0.25, 0.3) is 0 Å². The fraction of sp³-hybridized carbons (Fsp3) is 0.333. The Kier molecular flexibility index (Phi) is 4.26. The van der Waals surface area contributed by atoms with E-state index in [-0.39, 0.29) is 23.8 Å². The highest BCUT2D eigenvalue weighted by Gasteiger charge is 2.42. The smallest absolute Gasteiger partial charge is 0.170 e. The molecular weight excluding hydrogens is 312 g/mol. The summed E-state index contributed by atoms with van der Waals surface area (Å²) in [7, 11) is 0. The van der Waals surface area contributed by atoms with E-state index in [1.54, 1.807) is 0 Å². The van der Waals surface area contributed by atoms with Gasteiger partial charge >= 0.3 is 0 Å². The molecule has 0 aliphatic carbocycles. The molecule has 0 saturated carbocycles. The number of halogens is 1. The molecule has 1 saturated heterocycles. The number of rotatable bonds is 1. The summed E-state index contributed by atoms with van der Waals surface area (Å²) in [5.74, 6) is 0.954. The van der Waals surface area contributed by atoms with E-state index < -0.39 is 0 Å². The second kappa shape index (κ2) is 6.20. The summed E-state index contributed by atoms with van der Waals surface area (Å²) in [5, 5.41) is 0. The summed E-state index contributed by atoms with van der Waals surface area (Å²) >= 11 is 0. The fourth-order valence-electron chi connectivity index (χ4n) is 3.45. The quantitative estimate of drug-likeness (QED) is 0.802. The van der Waals surface area contributed by atoms with Gasteiger partial charge in [0.2, 0.25) is 0 Å². The predicted octanol–water partition coefficient (Wildman–Crippen LogP) is 3.51. The maximum atomic E-state index is 12.4. The molecule has 2 aliphatic heterocycles. The number of anilines is 1. The minimum absolute atomic E-state index is 0. The van der Waals surface area contributed by atoms with Crippen LogP contribution in [-0.4, -0.2) is 29.5 Å². The number of Topliss-reactive ketones (excluding diaryl/α,β-unsaturated/α-hetero) is 1. The number of ketones is 1. The molecule has 0 bridgehead atoms. The normalized spacial score (nSPS) is 18.8. The van der Waals surface area contributed by atoms with Crippen LogP contribution in [0.5, 0.6) is 5.75 Å². The fourth-order valence-corrected chi connectivity index (χ4v) is 3.45. The molecule has 0 N–H and O–H groups in total. The van der Waals surface area contributed by atoms with Crippen molar-refractivity contribution in [2.24, 2.45) is 0 Å². The summed E-state index contributed by atoms with van der Waals surface area (Å²) in [6.07, 6.45) is 5.87. The highest BCUT2D eigenvalue weighted by molar-refractivity contribution is 6.00. The molecule has 23 heavy (non-hydrogen) atoms. The summed E-state index contributed by atoms with van der Waals surface area (Å²) in [4.78, 5) is 18.8. The van der Waals surface area contributed by atoms with Crippen LogP contribution >= 0.6 is 12.4 Å². The first-order valence-corrected chi connectivity index (χ1v) is 7.72. The Balaban J connectivity index is 0.00000156. The number of ether oxygens (including phenoxy) is 1. The second-order valence-electron chi connectivity index (χ2n) is 6.07. The minimum Gasteiger partial charge on any atom is -0.486 e. The van der Waals surface area contributed by atoms with Gasteiger partial charge < -0.3 is 9.64 Å². The van der Waals surface area contributed by atoms with Crippen LogP contribution in [-0.2, 0) is 0 Å². The Labute approximate surface area is 141 Å². The Morgan fingerprint density at radius 2 is 1.74 bits per heavy atom. The number of carbonyl (C=O) groups excluding carboxylic acids is 1. The minimum atomic E-state index is -0.324. The molecule has 2 aliphatic rings. The molecule has 0 radical (unpaired) electrons. The number of para-hydroxylation sites is 1. The van der Waals surface area contributed by atoms with Crippen molar-refractivity contribution in [3.05, 3.63) is 54.4 Å². The van der Waals surface area contributed by atoms with Crippen molar-refractivity contribution in [1.82, 2.24) is 4.98 Å². The number of pyridine rings is 1. The van der Waals surface area contributed by atoms with Crippen LogP contribution < -0.4 is 9.64 Å². The number of benzene rings is 1. The topological polar surface area (TPSA) is 42.4 Å². The number of aromatic nitrogens is 1. The third kappa shape index (κ3) is 2.91. The maximum absolute atomic E-state index is 12.4. The lowest BCUT2D eigenvalue weighted by molar-refractivity contribution is 0.0232. The van der Waals surface area contributed by atoms with E-state index in [1.807, 2.05) is 48.8 Å². The molecule has 2 aromatic rings. The van der Waals surface area contributed by atoms with Crippen molar-refractivity contribution in [2.45, 2.75) is 24.9 Å². The van der Waals surface area contributed by atoms with E-state index in [1.165, 1.54) is 5.69 Å². The van der Waals surface area contributed by atoms with Crippen molar-refractivity contribution in [3.8, 4) is 5.75 Å². The number of nitrogens with zero attached hydrogens (tertiary/aromatic N) is 2. The molecular formula is C18H19ClN2O2. The second-order valence-corrected chi connectivity index (χ2v) is 6.07. The average molecular weight is 331 g/mol.